The fraction of sp³-hybridized carbons (Fsp3) is 1.00. The molecule has 68 atom stereocenters. The van der Waals surface area contributed by atoms with Crippen LogP contribution in [0, 0.1) is 382 Å². The van der Waals surface area contributed by atoms with Gasteiger partial charge in [0.2, 0.25) is 0 Å². The quantitative estimate of drug-likeness (QED) is 0.321. The van der Waals surface area contributed by atoms with E-state index in [0.29, 0.717) is 0 Å². The maximum atomic E-state index is 1.89. The molecule has 0 nitrogen and oxygen atoms in total. The van der Waals surface area contributed by atoms with E-state index in [0.717, 1.165) is 195 Å². The molecule has 40 spiro atoms. The Morgan fingerprint density at radius 2 is 0.232 bits per heavy atom. The van der Waals surface area contributed by atoms with E-state index in [1.54, 1.807) is 0 Å². The molecule has 0 N–H and O–H groups in total. The van der Waals surface area contributed by atoms with E-state index in [9.17, 15) is 0 Å². The summed E-state index contributed by atoms with van der Waals surface area (Å²) in [5.41, 5.74) is 45.8. The summed E-state index contributed by atoms with van der Waals surface area (Å²) in [6, 6.07) is 0. The first-order valence-corrected chi connectivity index (χ1v) is 35.8. The van der Waals surface area contributed by atoms with Crippen molar-refractivity contribution >= 4 is 0 Å². The largest absolute Gasteiger partial charge is 0.0458 e. The Hall–Kier alpha value is -10.0. The fourth-order valence-electron chi connectivity index (χ4n) is 85.9. The van der Waals surface area contributed by atoms with Gasteiger partial charge in [-0.25, -0.2) is 0 Å². The van der Waals surface area contributed by atoms with Crippen molar-refractivity contribution in [1.29, 1.82) is 0 Å². The third-order valence-electron chi connectivity index (χ3n) is 65.7. The van der Waals surface area contributed by atoms with Gasteiger partial charge in [0.1, 0.15) is 0 Å². The number of fused-ring (bicyclic) bond motifs is 24. The molecule has 0 heterocycles. The molecular weight excluding hydrogens is 3550 g/mol. The van der Waals surface area contributed by atoms with Gasteiger partial charge in [-0.05, 0) is 408 Å². The zero-order valence-corrected chi connectivity index (χ0v) is 111. The first-order valence-electron chi connectivity index (χ1n) is 35.8. The van der Waals surface area contributed by atoms with Crippen molar-refractivity contribution in [2.45, 2.75) is 25.7 Å². The molecule has 0 aliphatic heterocycles. The van der Waals surface area contributed by atoms with Crippen molar-refractivity contribution in [1.82, 2.24) is 0 Å². The van der Waals surface area contributed by atoms with Crippen molar-refractivity contribution in [3.05, 3.63) is 0 Å². The van der Waals surface area contributed by atoms with E-state index in [4.69, 9.17) is 0 Å². The topological polar surface area (TPSA) is 0 Å². The van der Waals surface area contributed by atoms with E-state index in [1.807, 2.05) is 25.7 Å². The average molecular weight is 3590 g/mol. The number of rotatable bonds is 0. The normalized spacial score (nSPS) is 132. The number of hydrogen-bond donors (Lipinski definition) is 0. The Balaban J connectivity index is 0.000000345. The molecule has 0 amide bonds. The minimum atomic E-state index is 0. The summed E-state index contributed by atoms with van der Waals surface area (Å²) < 4.78 is 0. The van der Waals surface area contributed by atoms with Gasteiger partial charge in [0.15, 0.2) is 0 Å². The van der Waals surface area contributed by atoms with Gasteiger partial charge in [-0.3, -0.25) is 0 Å². The predicted molar refractivity (Wildman–Crippen MR) is 214 cm³/mol. The van der Waals surface area contributed by atoms with Crippen LogP contribution in [0.1, 0.15) is 25.7 Å². The van der Waals surface area contributed by atoms with Gasteiger partial charge in [-0.2, -0.15) is 0 Å². The van der Waals surface area contributed by atoms with Crippen molar-refractivity contribution in [2.75, 3.05) is 0 Å². The Morgan fingerprint density at radius 1 is 0.122 bits per heavy atom. The van der Waals surface area contributed by atoms with Crippen LogP contribution in [0.25, 0.3) is 0 Å². The van der Waals surface area contributed by atoms with Crippen LogP contribution in [0.4, 0.5) is 0 Å². The Bertz CT molecular complexity index is 4850. The average Bonchev–Trinajstić information content (AvgIpc) is 0.411. The van der Waals surface area contributed by atoms with Gasteiger partial charge in [-0.15, -0.1) is 0 Å². The molecule has 82 heavy (non-hydrogen) atoms. The number of hydrogen-bond acceptors (Lipinski definition) is 0. The second kappa shape index (κ2) is 3.44. The molecule has 55 aliphatic carbocycles. The van der Waals surface area contributed by atoms with E-state index in [1.165, 1.54) is 187 Å². The predicted octanol–water partition coefficient (Wildman–Crippen LogP) is 5.00. The Labute approximate surface area is 405 Å². The zero-order chi connectivity index (χ0) is 39.0. The van der Waals surface area contributed by atoms with E-state index in [-0.39, 0.29) is 0 Å². The van der Waals surface area contributed by atoms with Gasteiger partial charge >= 0.3 is 0 Å². The van der Waals surface area contributed by atoms with Crippen LogP contribution in [-0.4, -0.2) is 0 Å². The molecule has 0 saturated heterocycles. The van der Waals surface area contributed by atoms with Gasteiger partial charge in [0, 0.05) is 0 Å². The minimum Gasteiger partial charge on any atom is -0.0458 e. The monoisotopic (exact) mass is 3610 g/mol. The maximum absolute atomic E-state index is 1.89. The van der Waals surface area contributed by atoms with Crippen LogP contribution in [0.5, 0.6) is 0 Å². The summed E-state index contributed by atoms with van der Waals surface area (Å²) in [4.78, 5) is 0. The standard InChI is InChI=1S/C72H36.10Sg/c1-5-13-14-6-2-10-18-22-27-31-32-28-24-20-12-4-8-16-15-7-3-11-19-23-26-30-29-25-21-17-9(1)33(5)37(13)38(14)34(6,10)42(18)46(22)51(27)55(31)56(32)52(28)48(24)44(20)36(8,12)40(16)39(15)35(7,11)43(19)47(23)50(26)54(30)53(29)49(25)45(21)41(17,33)57(37)58(38,42)62(46)61(45,57)65(49)66(51,62)71(55)69(53,65)70(54)67(50)63(47)59(39,43)60(40,44)64(48,63)68(52,67)72(56,70)71;;;;;;;;;;/h5-32H,1-4H2;;;;;;;;;;/t5?,6?,7?,8?,9?,10?,11?,12?,13?,14?,15?,16?,17?,18?,19?,20?,21?,22?,23?,24?,25?,26?,27?,28?,29-,30?,31?,32?,33?,34?,35?,36?,37?,38?,39?,40?,41?,42?,43?,44?,45?,46?,47?,48?,49?,50?,51?,52?,53-,54?,55+,56?,57?,58?,59?,60?,61?,62?,63?,64?,65?,66?,67?,68?,69?,70?,71?,72?;;;;;;;;;;/m0........../s1. The van der Waals surface area contributed by atoms with Crippen molar-refractivity contribution in [3.63, 3.8) is 0 Å². The van der Waals surface area contributed by atoms with Crippen LogP contribution in [0.3, 0.4) is 0 Å². The molecule has 10 heteroatoms. The summed E-state index contributed by atoms with van der Waals surface area (Å²) in [6.07, 6.45) is 7.55. The molecule has 55 rings (SSSR count). The SMILES string of the molecule is C1C2C3C4C5CC6C7C8C9C%10[C@@H]%11C%12C%13C%14C%15CC%16C%17C%18C%19CC%20C%21C%22C%23C%24C%25C%26C%27C%28C1C21C32C43C56C74C85C96C78C59C34C23C%281C%271C%262C7(C139)C13C84C%106[C@@]%115C%126C%137C%148C%16%15C%179C%18%10C%19%20C%21%11C%22%12C%13%14C%10%11C98C7%13C67C%146C%23%12[C@]%24(C%2521)C63C745.[Sg].[Sg].[Sg].[Sg].[Sg].[Sg].[Sg].[Sg].[Sg].[Sg]. The molecule has 0 aromatic heterocycles. The molecule has 0 bridgehead atoms. The van der Waals surface area contributed by atoms with Crippen LogP contribution in [0.2, 0.25) is 0 Å². The summed E-state index contributed by atoms with van der Waals surface area (Å²) in [7, 11) is 0. The minimum absolute atomic E-state index is 0. The molecule has 344 valence electrons. The molecule has 55 aliphatic rings. The summed E-state index contributed by atoms with van der Waals surface area (Å²) in [5, 5.41) is 0. The van der Waals surface area contributed by atoms with E-state index < -0.39 is 0 Å². The smallest absolute Gasteiger partial charge is 0 e. The molecule has 55 saturated carbocycles. The third-order valence-corrected chi connectivity index (χ3v) is 65.7. The van der Waals surface area contributed by atoms with Crippen LogP contribution < -0.4 is 0 Å². The first kappa shape index (κ1) is 27.0. The molecule has 55 fully saturated rings. The summed E-state index contributed by atoms with van der Waals surface area (Å²) >= 11 is 0. The molecule has 65 unspecified atom stereocenters. The Kier molecular flexibility index (Phi) is 1.13. The second-order valence-corrected chi connectivity index (χ2v) is 47.9. The van der Waals surface area contributed by atoms with Gasteiger partial charge in [0.05, 0.1) is 0 Å². The van der Waals surface area contributed by atoms with Gasteiger partial charge < -0.3 is 0 Å². The van der Waals surface area contributed by atoms with Crippen LogP contribution in [-0.2, 0) is 0 Å². The van der Waals surface area contributed by atoms with Crippen molar-refractivity contribution in [2.24, 2.45) is 382 Å². The van der Waals surface area contributed by atoms with Crippen molar-refractivity contribution in [3.8, 4) is 0 Å². The zero-order valence-electron chi connectivity index (χ0n) is 46.1. The first-order chi connectivity index (χ1) is 35.8. The molecular formula is C72H36Sg10. The van der Waals surface area contributed by atoms with Crippen molar-refractivity contribution < 1.29 is 0 Å². The van der Waals surface area contributed by atoms with E-state index >= 15 is 0 Å². The summed E-state index contributed by atoms with van der Waals surface area (Å²) in [6.45, 7) is 0. The van der Waals surface area contributed by atoms with Gasteiger partial charge in [0.25, 0.3) is 0 Å². The molecule has 0 aromatic rings. The van der Waals surface area contributed by atoms with Crippen LogP contribution in [0.15, 0.2) is 0 Å². The molecule has 0 radical (unpaired) electrons. The van der Waals surface area contributed by atoms with Crippen LogP contribution >= 0.6 is 0 Å². The second-order valence-electron chi connectivity index (χ2n) is 47.9. The molecule has 0 aromatic carbocycles. The summed E-state index contributed by atoms with van der Waals surface area (Å²) in [5.74, 6) is 40.0. The Morgan fingerprint density at radius 3 is 0.402 bits per heavy atom. The van der Waals surface area contributed by atoms with Gasteiger partial charge in [-0.1, -0.05) is 0 Å². The fourth-order valence-corrected chi connectivity index (χ4v) is 85.9. The van der Waals surface area contributed by atoms with E-state index in [2.05, 4.69) is 0 Å². The maximum Gasteiger partial charge on any atom is 0 e. The third kappa shape index (κ3) is 0.446.